The maximum Gasteiger partial charge on any atom is 0.303 e. The Balaban J connectivity index is 1.43. The van der Waals surface area contributed by atoms with Gasteiger partial charge in [-0.3, -0.25) is 9.59 Å². The first-order valence-corrected chi connectivity index (χ1v) is 17.3. The van der Waals surface area contributed by atoms with Gasteiger partial charge in [-0.2, -0.15) is 4.58 Å². The topological polar surface area (TPSA) is 69.8 Å². The quantitative estimate of drug-likeness (QED) is 0.125. The Kier molecular flexibility index (Phi) is 10.9. The van der Waals surface area contributed by atoms with Crippen LogP contribution in [0, 0.1) is 0 Å². The number of aliphatic carboxylic acids is 1. The number of carbonyl (C=O) groups is 2. The number of carbonyl (C=O) groups excluding carboxylic acids is 1. The van der Waals surface area contributed by atoms with Crippen molar-refractivity contribution in [3.05, 3.63) is 106 Å². The Labute approximate surface area is 284 Å². The third-order valence-corrected chi connectivity index (χ3v) is 10.4. The van der Waals surface area contributed by atoms with Crippen molar-refractivity contribution in [1.29, 1.82) is 0 Å². The highest BCUT2D eigenvalue weighted by molar-refractivity contribution is 6.32. The van der Waals surface area contributed by atoms with Gasteiger partial charge in [0.1, 0.15) is 6.54 Å². The molecule has 0 saturated carbocycles. The standard InChI is InChI=1S/C40H47ClN2O4/c1-39(2)31-16-5-7-18-33(31)42(25-10-9-20-37(45)46)35(39)23-21-29-14-13-15-30(38(29)41)22-24-36-40(3,4)32-17-6-8-19-34(32)43(36)26-11-12-27-47-28-44/h5-8,16-19,21-24,28H,9-15,20,25-27H2,1-4H3/p+1. The van der Waals surface area contributed by atoms with Gasteiger partial charge in [0.25, 0.3) is 6.47 Å². The minimum absolute atomic E-state index is 0.159. The van der Waals surface area contributed by atoms with E-state index in [-0.39, 0.29) is 17.3 Å². The summed E-state index contributed by atoms with van der Waals surface area (Å²) in [4.78, 5) is 24.1. The molecule has 5 rings (SSSR count). The first-order valence-electron chi connectivity index (χ1n) is 16.9. The summed E-state index contributed by atoms with van der Waals surface area (Å²) < 4.78 is 7.29. The third-order valence-electron chi connectivity index (χ3n) is 9.92. The molecule has 0 fully saturated rings. The average molecular weight is 656 g/mol. The molecule has 0 spiro atoms. The van der Waals surface area contributed by atoms with Gasteiger partial charge in [0.15, 0.2) is 5.71 Å². The molecule has 2 aromatic rings. The van der Waals surface area contributed by atoms with Crippen LogP contribution >= 0.6 is 11.6 Å². The summed E-state index contributed by atoms with van der Waals surface area (Å²) in [5.41, 5.74) is 9.45. The van der Waals surface area contributed by atoms with Crippen molar-refractivity contribution in [3.63, 3.8) is 0 Å². The van der Waals surface area contributed by atoms with Crippen molar-refractivity contribution in [2.24, 2.45) is 0 Å². The molecule has 0 aromatic heterocycles. The summed E-state index contributed by atoms with van der Waals surface area (Å²) in [5, 5.41) is 9.97. The maximum atomic E-state index is 11.1. The lowest BCUT2D eigenvalue weighted by Crippen LogP contribution is -2.28. The van der Waals surface area contributed by atoms with Gasteiger partial charge in [0, 0.05) is 58.9 Å². The zero-order valence-corrected chi connectivity index (χ0v) is 29.0. The van der Waals surface area contributed by atoms with Gasteiger partial charge in [-0.1, -0.05) is 74.0 Å². The van der Waals surface area contributed by atoms with Crippen LogP contribution in [-0.2, 0) is 25.2 Å². The third kappa shape index (κ3) is 7.33. The fraction of sp³-hybridized carbons (Fsp3) is 0.425. The number of fused-ring (bicyclic) bond motifs is 2. The molecule has 2 aromatic carbocycles. The molecule has 0 radical (unpaired) electrons. The minimum Gasteiger partial charge on any atom is -0.481 e. The Hall–Kier alpha value is -3.90. The van der Waals surface area contributed by atoms with E-state index in [1.807, 2.05) is 0 Å². The van der Waals surface area contributed by atoms with E-state index in [1.54, 1.807) is 0 Å². The molecule has 6 nitrogen and oxygen atoms in total. The van der Waals surface area contributed by atoms with E-state index < -0.39 is 5.97 Å². The van der Waals surface area contributed by atoms with Crippen LogP contribution in [-0.4, -0.2) is 47.5 Å². The van der Waals surface area contributed by atoms with Crippen LogP contribution in [0.5, 0.6) is 0 Å². The summed E-state index contributed by atoms with van der Waals surface area (Å²) in [6.07, 6.45) is 15.2. The number of anilines is 1. The van der Waals surface area contributed by atoms with Crippen LogP contribution in [0.1, 0.15) is 90.2 Å². The van der Waals surface area contributed by atoms with Crippen molar-refractivity contribution in [2.75, 3.05) is 24.6 Å². The number of hydrogen-bond acceptors (Lipinski definition) is 4. The van der Waals surface area contributed by atoms with E-state index in [0.717, 1.165) is 67.8 Å². The fourth-order valence-electron chi connectivity index (χ4n) is 7.38. The number of nitrogens with zero attached hydrogens (tertiary/aromatic N) is 2. The highest BCUT2D eigenvalue weighted by Crippen LogP contribution is 2.48. The predicted octanol–water partition coefficient (Wildman–Crippen LogP) is 9.11. The molecule has 2 heterocycles. The lowest BCUT2D eigenvalue weighted by atomic mass is 9.81. The zero-order valence-electron chi connectivity index (χ0n) is 28.2. The average Bonchev–Trinajstić information content (AvgIpc) is 3.40. The monoisotopic (exact) mass is 655 g/mol. The van der Waals surface area contributed by atoms with E-state index >= 15 is 0 Å². The minimum atomic E-state index is -0.746. The summed E-state index contributed by atoms with van der Waals surface area (Å²) in [6.45, 7) is 11.7. The van der Waals surface area contributed by atoms with Gasteiger partial charge >= 0.3 is 5.97 Å². The molecular formula is C40H48ClN2O4+. The van der Waals surface area contributed by atoms with Crippen LogP contribution in [0.25, 0.3) is 0 Å². The van der Waals surface area contributed by atoms with Crippen molar-refractivity contribution in [1.82, 2.24) is 0 Å². The molecule has 248 valence electrons. The van der Waals surface area contributed by atoms with E-state index in [0.29, 0.717) is 19.5 Å². The van der Waals surface area contributed by atoms with Gasteiger partial charge in [-0.15, -0.1) is 0 Å². The number of carboxylic acid groups (broad SMARTS) is 1. The van der Waals surface area contributed by atoms with E-state index in [1.165, 1.54) is 33.9 Å². The maximum absolute atomic E-state index is 11.1. The second-order valence-corrected chi connectivity index (χ2v) is 14.1. The number of carboxylic acids is 1. The summed E-state index contributed by atoms with van der Waals surface area (Å²) in [6, 6.07) is 17.2. The van der Waals surface area contributed by atoms with Gasteiger partial charge in [0.05, 0.1) is 12.0 Å². The number of unbranched alkanes of at least 4 members (excludes halogenated alkanes) is 2. The van der Waals surface area contributed by atoms with E-state index in [2.05, 4.69) is 110 Å². The molecular weight excluding hydrogens is 608 g/mol. The number of benzene rings is 2. The second-order valence-electron chi connectivity index (χ2n) is 13.8. The molecule has 0 bridgehead atoms. The summed E-state index contributed by atoms with van der Waals surface area (Å²) in [5.74, 6) is -0.746. The molecule has 0 atom stereocenters. The Morgan fingerprint density at radius 3 is 2.45 bits per heavy atom. The van der Waals surface area contributed by atoms with Crippen LogP contribution < -0.4 is 4.90 Å². The number of rotatable bonds is 14. The Morgan fingerprint density at radius 1 is 0.936 bits per heavy atom. The largest absolute Gasteiger partial charge is 0.481 e. The predicted molar refractivity (Wildman–Crippen MR) is 191 cm³/mol. The molecule has 0 saturated heterocycles. The summed E-state index contributed by atoms with van der Waals surface area (Å²) in [7, 11) is 0. The number of ether oxygens (including phenoxy) is 1. The molecule has 0 unspecified atom stereocenters. The first kappa shape index (κ1) is 34.4. The Morgan fingerprint density at radius 2 is 1.68 bits per heavy atom. The van der Waals surface area contributed by atoms with Crippen LogP contribution in [0.15, 0.2) is 94.7 Å². The molecule has 2 aliphatic heterocycles. The van der Waals surface area contributed by atoms with Gasteiger partial charge in [0.2, 0.25) is 5.69 Å². The smallest absolute Gasteiger partial charge is 0.303 e. The molecule has 0 amide bonds. The van der Waals surface area contributed by atoms with Gasteiger partial charge in [-0.25, -0.2) is 0 Å². The van der Waals surface area contributed by atoms with Crippen molar-refractivity contribution >= 4 is 41.1 Å². The highest BCUT2D eigenvalue weighted by atomic mass is 35.5. The molecule has 47 heavy (non-hydrogen) atoms. The first-order chi connectivity index (χ1) is 22.6. The van der Waals surface area contributed by atoms with Crippen molar-refractivity contribution < 1.29 is 24.0 Å². The van der Waals surface area contributed by atoms with Crippen LogP contribution in [0.2, 0.25) is 0 Å². The molecule has 1 N–H and O–H groups in total. The van der Waals surface area contributed by atoms with Crippen molar-refractivity contribution in [3.8, 4) is 0 Å². The zero-order chi connectivity index (χ0) is 33.6. The normalized spacial score (nSPS) is 20.0. The molecule has 1 aliphatic carbocycles. The van der Waals surface area contributed by atoms with E-state index in [4.69, 9.17) is 21.4 Å². The number of allylic oxidation sites excluding steroid dienone is 8. The van der Waals surface area contributed by atoms with Crippen molar-refractivity contribution in [2.45, 2.75) is 89.9 Å². The Bertz CT molecular complexity index is 1660. The van der Waals surface area contributed by atoms with Gasteiger partial charge < -0.3 is 14.7 Å². The second kappa shape index (κ2) is 14.9. The lowest BCUT2D eigenvalue weighted by Gasteiger charge is -2.27. The number of para-hydroxylation sites is 2. The molecule has 7 heteroatoms. The summed E-state index contributed by atoms with van der Waals surface area (Å²) >= 11 is 7.17. The highest BCUT2D eigenvalue weighted by Gasteiger charge is 2.44. The molecule has 3 aliphatic rings. The SMILES string of the molecule is CC1(C)C(=CC=C2CCCC(C=CC3=[N+](CCCCC(=O)O)c4ccccc4C3(C)C)=C2Cl)N(CCCCOC=O)c2ccccc21. The van der Waals surface area contributed by atoms with E-state index in [9.17, 15) is 9.59 Å². The van der Waals surface area contributed by atoms with Crippen LogP contribution in [0.4, 0.5) is 11.4 Å². The van der Waals surface area contributed by atoms with Gasteiger partial charge in [-0.05, 0) is 81.2 Å². The fourth-order valence-corrected chi connectivity index (χ4v) is 7.70. The number of halogens is 1. The number of hydrogen-bond donors (Lipinski definition) is 1. The lowest BCUT2D eigenvalue weighted by molar-refractivity contribution is -0.438. The van der Waals surface area contributed by atoms with Crippen LogP contribution in [0.3, 0.4) is 0 Å².